The number of hydrogen-bond acceptors (Lipinski definition) is 5. The van der Waals surface area contributed by atoms with Gasteiger partial charge in [-0.15, -0.1) is 0 Å². The first-order chi connectivity index (χ1) is 14.6. The summed E-state index contributed by atoms with van der Waals surface area (Å²) >= 11 is 3.47. The molecule has 30 heavy (non-hydrogen) atoms. The summed E-state index contributed by atoms with van der Waals surface area (Å²) in [5.41, 5.74) is 2.45. The fourth-order valence-electron chi connectivity index (χ4n) is 4.65. The maximum absolute atomic E-state index is 12.5. The molecule has 1 unspecified atom stereocenters. The molecule has 0 bridgehead atoms. The van der Waals surface area contributed by atoms with Gasteiger partial charge in [0.2, 0.25) is 0 Å². The number of aromatic nitrogens is 3. The van der Waals surface area contributed by atoms with Gasteiger partial charge in [0.15, 0.2) is 0 Å². The number of nitrogens with one attached hydrogen (secondary N) is 1. The lowest BCUT2D eigenvalue weighted by Gasteiger charge is -2.34. The van der Waals surface area contributed by atoms with Crippen molar-refractivity contribution in [1.29, 1.82) is 0 Å². The standard InChI is InChI=1S/C22H24BrN5O2/c23-16-3-1-15(2-4-16)11-24-17-7-9-26(10-8-17)13-18-14-27-20(29)6-5-19-22(27)28(18)21(30)12-25-19/h1-6,12,17-18,24H,7-11,13-14H2. The normalized spacial score (nSPS) is 19.6. The van der Waals surface area contributed by atoms with Crippen LogP contribution in [0.2, 0.25) is 0 Å². The molecule has 0 spiro atoms. The fourth-order valence-corrected chi connectivity index (χ4v) is 4.91. The molecule has 1 aromatic carbocycles. The number of nitrogens with zero attached hydrogens (tertiary/aromatic N) is 4. The molecule has 3 aromatic rings. The molecule has 1 saturated heterocycles. The quantitative estimate of drug-likeness (QED) is 0.619. The van der Waals surface area contributed by atoms with Gasteiger partial charge in [-0.05, 0) is 49.7 Å². The van der Waals surface area contributed by atoms with Crippen molar-refractivity contribution in [1.82, 2.24) is 24.3 Å². The number of halogens is 1. The molecule has 7 nitrogen and oxygen atoms in total. The highest BCUT2D eigenvalue weighted by molar-refractivity contribution is 9.10. The summed E-state index contributed by atoms with van der Waals surface area (Å²) < 4.78 is 4.56. The summed E-state index contributed by atoms with van der Waals surface area (Å²) in [6.45, 7) is 4.17. The van der Waals surface area contributed by atoms with E-state index in [4.69, 9.17) is 0 Å². The van der Waals surface area contributed by atoms with Gasteiger partial charge in [0, 0.05) is 36.2 Å². The minimum Gasteiger partial charge on any atom is -0.310 e. The SMILES string of the molecule is O=c1ccc2ncc(=O)n3c2n1CC3CN1CCC(NCc2ccc(Br)cc2)CC1. The lowest BCUT2D eigenvalue weighted by atomic mass is 10.0. The second-order valence-corrected chi connectivity index (χ2v) is 9.11. The van der Waals surface area contributed by atoms with E-state index in [9.17, 15) is 9.59 Å². The first kappa shape index (κ1) is 19.7. The predicted molar refractivity (Wildman–Crippen MR) is 120 cm³/mol. The van der Waals surface area contributed by atoms with E-state index in [0.717, 1.165) is 43.5 Å². The van der Waals surface area contributed by atoms with E-state index in [0.29, 0.717) is 23.8 Å². The van der Waals surface area contributed by atoms with Gasteiger partial charge in [-0.2, -0.15) is 0 Å². The van der Waals surface area contributed by atoms with Crippen LogP contribution in [0.15, 0.2) is 56.7 Å². The molecule has 0 radical (unpaired) electrons. The first-order valence-electron chi connectivity index (χ1n) is 10.4. The van der Waals surface area contributed by atoms with Crippen LogP contribution in [-0.2, 0) is 13.1 Å². The van der Waals surface area contributed by atoms with Gasteiger partial charge in [0.1, 0.15) is 11.2 Å². The Morgan fingerprint density at radius 1 is 1.03 bits per heavy atom. The molecule has 8 heteroatoms. The Balaban J connectivity index is 1.21. The summed E-state index contributed by atoms with van der Waals surface area (Å²) in [4.78, 5) is 31.4. The van der Waals surface area contributed by atoms with Crippen LogP contribution in [0.25, 0.3) is 11.2 Å². The van der Waals surface area contributed by atoms with Crippen LogP contribution >= 0.6 is 15.9 Å². The van der Waals surface area contributed by atoms with Crippen LogP contribution < -0.4 is 16.4 Å². The Hall–Kier alpha value is -2.29. The van der Waals surface area contributed by atoms with Gasteiger partial charge in [0.25, 0.3) is 11.1 Å². The summed E-state index contributed by atoms with van der Waals surface area (Å²) in [5, 5.41) is 3.67. The van der Waals surface area contributed by atoms with Crippen molar-refractivity contribution >= 4 is 27.1 Å². The molecule has 2 aromatic heterocycles. The third-order valence-electron chi connectivity index (χ3n) is 6.24. The van der Waals surface area contributed by atoms with Crippen LogP contribution in [0.5, 0.6) is 0 Å². The van der Waals surface area contributed by atoms with Gasteiger partial charge < -0.3 is 10.2 Å². The molecule has 1 atom stereocenters. The van der Waals surface area contributed by atoms with Crippen molar-refractivity contribution in [2.75, 3.05) is 19.6 Å². The Kier molecular flexibility index (Phi) is 5.30. The Morgan fingerprint density at radius 2 is 1.80 bits per heavy atom. The summed E-state index contributed by atoms with van der Waals surface area (Å²) in [7, 11) is 0. The molecule has 1 fully saturated rings. The van der Waals surface area contributed by atoms with E-state index in [2.05, 4.69) is 55.4 Å². The highest BCUT2D eigenvalue weighted by Gasteiger charge is 2.29. The van der Waals surface area contributed by atoms with E-state index < -0.39 is 0 Å². The molecule has 1 N–H and O–H groups in total. The number of hydrogen-bond donors (Lipinski definition) is 1. The van der Waals surface area contributed by atoms with Crippen molar-refractivity contribution in [2.45, 2.75) is 38.0 Å². The molecule has 0 saturated carbocycles. The molecular weight excluding hydrogens is 446 g/mol. The van der Waals surface area contributed by atoms with Gasteiger partial charge in [-0.1, -0.05) is 28.1 Å². The molecule has 0 amide bonds. The Morgan fingerprint density at radius 3 is 2.57 bits per heavy atom. The molecular formula is C22H24BrN5O2. The van der Waals surface area contributed by atoms with E-state index in [-0.39, 0.29) is 17.2 Å². The zero-order valence-electron chi connectivity index (χ0n) is 16.6. The lowest BCUT2D eigenvalue weighted by molar-refractivity contribution is 0.171. The number of pyridine rings is 1. The van der Waals surface area contributed by atoms with Crippen molar-refractivity contribution in [3.05, 3.63) is 73.3 Å². The van der Waals surface area contributed by atoms with Gasteiger partial charge >= 0.3 is 0 Å². The lowest BCUT2D eigenvalue weighted by Crippen LogP contribution is -2.44. The Bertz CT molecular complexity index is 1170. The van der Waals surface area contributed by atoms with Gasteiger partial charge in [-0.25, -0.2) is 4.98 Å². The van der Waals surface area contributed by atoms with Crippen molar-refractivity contribution in [3.8, 4) is 0 Å². The van der Waals surface area contributed by atoms with E-state index >= 15 is 0 Å². The highest BCUT2D eigenvalue weighted by atomic mass is 79.9. The second-order valence-electron chi connectivity index (χ2n) is 8.19. The van der Waals surface area contributed by atoms with E-state index in [1.54, 1.807) is 15.2 Å². The van der Waals surface area contributed by atoms with Crippen LogP contribution in [0, 0.1) is 0 Å². The smallest absolute Gasteiger partial charge is 0.270 e. The average Bonchev–Trinajstić information content (AvgIpc) is 3.14. The number of piperidine rings is 1. The average molecular weight is 470 g/mol. The molecule has 156 valence electrons. The minimum absolute atomic E-state index is 0.0228. The summed E-state index contributed by atoms with van der Waals surface area (Å²) in [6.07, 6.45) is 3.53. The third kappa shape index (κ3) is 3.75. The maximum Gasteiger partial charge on any atom is 0.270 e. The van der Waals surface area contributed by atoms with Gasteiger partial charge in [0.05, 0.1) is 12.2 Å². The summed E-state index contributed by atoms with van der Waals surface area (Å²) in [5.74, 6) is 0. The monoisotopic (exact) mass is 469 g/mol. The largest absolute Gasteiger partial charge is 0.310 e. The molecule has 5 rings (SSSR count). The van der Waals surface area contributed by atoms with Crippen LogP contribution in [-0.4, -0.2) is 44.7 Å². The van der Waals surface area contributed by atoms with Gasteiger partial charge in [-0.3, -0.25) is 18.7 Å². The maximum atomic E-state index is 12.5. The molecule has 0 aliphatic carbocycles. The van der Waals surface area contributed by atoms with Crippen LogP contribution in [0.1, 0.15) is 24.4 Å². The topological polar surface area (TPSA) is 72.2 Å². The van der Waals surface area contributed by atoms with Crippen LogP contribution in [0.3, 0.4) is 0 Å². The summed E-state index contributed by atoms with van der Waals surface area (Å²) in [6, 6.07) is 12.1. The third-order valence-corrected chi connectivity index (χ3v) is 6.77. The predicted octanol–water partition coefficient (Wildman–Crippen LogP) is 2.13. The molecule has 2 aliphatic rings. The van der Waals surface area contributed by atoms with Crippen molar-refractivity contribution in [2.24, 2.45) is 0 Å². The zero-order valence-corrected chi connectivity index (χ0v) is 18.2. The minimum atomic E-state index is -0.129. The second kappa shape index (κ2) is 8.09. The van der Waals surface area contributed by atoms with Crippen LogP contribution in [0.4, 0.5) is 0 Å². The molecule has 2 aliphatic heterocycles. The highest BCUT2D eigenvalue weighted by Crippen LogP contribution is 2.24. The van der Waals surface area contributed by atoms with Crippen molar-refractivity contribution in [3.63, 3.8) is 0 Å². The Labute approximate surface area is 182 Å². The zero-order chi connectivity index (χ0) is 20.7. The number of benzene rings is 1. The number of likely N-dealkylation sites (tertiary alicyclic amines) is 1. The molecule has 4 heterocycles. The van der Waals surface area contributed by atoms with E-state index in [1.165, 1.54) is 17.8 Å². The fraction of sp³-hybridized carbons (Fsp3) is 0.409. The first-order valence-corrected chi connectivity index (χ1v) is 11.2. The van der Waals surface area contributed by atoms with E-state index in [1.807, 2.05) is 0 Å². The number of rotatable bonds is 5. The van der Waals surface area contributed by atoms with Crippen molar-refractivity contribution < 1.29 is 0 Å².